The van der Waals surface area contributed by atoms with Crippen molar-refractivity contribution in [3.63, 3.8) is 0 Å². The van der Waals surface area contributed by atoms with Gasteiger partial charge in [-0.3, -0.25) is 9.37 Å². The molecule has 1 aromatic carbocycles. The van der Waals surface area contributed by atoms with Crippen molar-refractivity contribution in [3.8, 4) is 0 Å². The Bertz CT molecular complexity index is 800. The smallest absolute Gasteiger partial charge is 0.277 e. The van der Waals surface area contributed by atoms with Crippen LogP contribution in [-0.2, 0) is 16.2 Å². The molecule has 1 aromatic rings. The number of hydrogen-bond acceptors (Lipinski definition) is 3. The largest absolute Gasteiger partial charge is 0.292 e. The van der Waals surface area contributed by atoms with Gasteiger partial charge in [0.05, 0.1) is 6.42 Å². The minimum Gasteiger partial charge on any atom is -0.292 e. The van der Waals surface area contributed by atoms with Crippen LogP contribution in [0.2, 0.25) is 0 Å². The Hall–Kier alpha value is -1.94. The first-order valence-corrected chi connectivity index (χ1v) is 15.2. The number of carbonyl (C=O) groups excluding carboxylic acids is 1. The van der Waals surface area contributed by atoms with Crippen LogP contribution in [0.1, 0.15) is 123 Å². The summed E-state index contributed by atoms with van der Waals surface area (Å²) < 4.78 is 2.42. The summed E-state index contributed by atoms with van der Waals surface area (Å²) in [5, 5.41) is 1.97. The van der Waals surface area contributed by atoms with Gasteiger partial charge in [-0.05, 0) is 30.4 Å². The van der Waals surface area contributed by atoms with Gasteiger partial charge in [-0.15, -0.1) is 5.06 Å². The fourth-order valence-electron chi connectivity index (χ4n) is 5.06. The molecule has 0 amide bonds. The summed E-state index contributed by atoms with van der Waals surface area (Å²) in [4.78, 5) is 18.0. The van der Waals surface area contributed by atoms with Crippen molar-refractivity contribution < 1.29 is 14.2 Å². The molecule has 0 aromatic heterocycles. The van der Waals surface area contributed by atoms with E-state index in [1.807, 2.05) is 5.06 Å². The quantitative estimate of drug-likeness (QED) is 0.0888. The zero-order chi connectivity index (χ0) is 26.7. The van der Waals surface area contributed by atoms with Gasteiger partial charge >= 0.3 is 0 Å². The molecule has 1 aliphatic rings. The number of benzene rings is 1. The van der Waals surface area contributed by atoms with E-state index in [0.717, 1.165) is 32.0 Å². The lowest BCUT2D eigenvalue weighted by atomic mass is 10.0. The number of Topliss-reactive ketones (excluding diaryl/α,β-unsaturated/α-hetero) is 1. The average Bonchev–Trinajstić information content (AvgIpc) is 3.26. The first kappa shape index (κ1) is 31.3. The Morgan fingerprint density at radius 3 is 1.97 bits per heavy atom. The highest BCUT2D eigenvalue weighted by Crippen LogP contribution is 2.17. The molecule has 0 spiro atoms. The molecule has 4 heteroatoms. The maximum Gasteiger partial charge on any atom is 0.277 e. The topological polar surface area (TPSA) is 32.5 Å². The van der Waals surface area contributed by atoms with Gasteiger partial charge in [0.25, 0.3) is 5.84 Å². The monoisotopic (exact) mass is 511 g/mol. The van der Waals surface area contributed by atoms with Gasteiger partial charge in [0.1, 0.15) is 13.1 Å². The first-order valence-electron chi connectivity index (χ1n) is 15.2. The summed E-state index contributed by atoms with van der Waals surface area (Å²) in [5.41, 5.74) is 1.87. The van der Waals surface area contributed by atoms with Crippen molar-refractivity contribution in [2.45, 2.75) is 124 Å². The van der Waals surface area contributed by atoms with Gasteiger partial charge < -0.3 is 0 Å². The summed E-state index contributed by atoms with van der Waals surface area (Å²) in [5.74, 6) is 2.06. The van der Waals surface area contributed by atoms with Gasteiger partial charge in [0.15, 0.2) is 18.9 Å². The molecular formula is C33H55N2O2+. The Kier molecular flexibility index (Phi) is 16.2. The van der Waals surface area contributed by atoms with E-state index in [1.165, 1.54) is 101 Å². The van der Waals surface area contributed by atoms with Gasteiger partial charge in [-0.2, -0.15) is 4.84 Å². The number of amidine groups is 1. The normalized spacial score (nSPS) is 13.7. The number of hydroxylamine groups is 2. The van der Waals surface area contributed by atoms with Crippen LogP contribution in [0, 0.1) is 5.92 Å². The number of ketones is 1. The number of nitrogens with zero attached hydrogens (tertiary/aromatic N) is 2. The highest BCUT2D eigenvalue weighted by molar-refractivity contribution is 5.95. The predicted octanol–water partition coefficient (Wildman–Crippen LogP) is 8.50. The summed E-state index contributed by atoms with van der Waals surface area (Å²) in [7, 11) is 0. The van der Waals surface area contributed by atoms with E-state index in [4.69, 9.17) is 4.84 Å². The molecule has 1 aliphatic heterocycles. The summed E-state index contributed by atoms with van der Waals surface area (Å²) in [6.45, 7) is 12.9. The number of unbranched alkanes of at least 4 members (excludes halogenated alkanes) is 12. The summed E-state index contributed by atoms with van der Waals surface area (Å²) in [6.07, 6.45) is 20.2. The second kappa shape index (κ2) is 19.2. The van der Waals surface area contributed by atoms with Crippen molar-refractivity contribution >= 4 is 11.6 Å². The zero-order valence-corrected chi connectivity index (χ0v) is 24.3. The van der Waals surface area contributed by atoms with E-state index in [1.54, 1.807) is 6.92 Å². The molecular weight excluding hydrogens is 456 g/mol. The SMILES string of the molecule is C=C(C)C(=O)CON1CC[N+](Cc2ccccc2)=C1CCCCCCCCCCCCCCCC(C)C. The molecule has 1 heterocycles. The maximum atomic E-state index is 12.0. The molecule has 4 nitrogen and oxygen atoms in total. The third-order valence-corrected chi connectivity index (χ3v) is 7.45. The second-order valence-corrected chi connectivity index (χ2v) is 11.4. The highest BCUT2D eigenvalue weighted by atomic mass is 16.7. The maximum absolute atomic E-state index is 12.0. The third kappa shape index (κ3) is 14.0. The molecule has 2 rings (SSSR count). The molecule has 0 bridgehead atoms. The van der Waals surface area contributed by atoms with Gasteiger partial charge in [-0.1, -0.05) is 134 Å². The summed E-state index contributed by atoms with van der Waals surface area (Å²) in [6, 6.07) is 10.6. The van der Waals surface area contributed by atoms with Gasteiger partial charge in [0, 0.05) is 0 Å². The Labute approximate surface area is 228 Å². The lowest BCUT2D eigenvalue weighted by molar-refractivity contribution is -0.535. The lowest BCUT2D eigenvalue weighted by Gasteiger charge is -2.12. The van der Waals surface area contributed by atoms with E-state index in [9.17, 15) is 4.79 Å². The van der Waals surface area contributed by atoms with Crippen LogP contribution in [0.3, 0.4) is 0 Å². The average molecular weight is 512 g/mol. The van der Waals surface area contributed by atoms with Crippen LogP contribution in [0.4, 0.5) is 0 Å². The first-order chi connectivity index (χ1) is 18.0. The molecule has 0 unspecified atom stereocenters. The molecule has 0 saturated carbocycles. The highest BCUT2D eigenvalue weighted by Gasteiger charge is 2.32. The fourth-order valence-corrected chi connectivity index (χ4v) is 5.06. The molecule has 0 fully saturated rings. The number of rotatable bonds is 22. The van der Waals surface area contributed by atoms with Crippen LogP contribution in [0.25, 0.3) is 0 Å². The molecule has 208 valence electrons. The fraction of sp³-hybridized carbons (Fsp3) is 0.697. The van der Waals surface area contributed by atoms with Crippen molar-refractivity contribution in [1.82, 2.24) is 5.06 Å². The molecule has 0 N–H and O–H groups in total. The molecule has 0 aliphatic carbocycles. The van der Waals surface area contributed by atoms with Crippen LogP contribution >= 0.6 is 0 Å². The Balaban J connectivity index is 1.61. The lowest BCUT2D eigenvalue weighted by Crippen LogP contribution is -2.32. The van der Waals surface area contributed by atoms with Crippen LogP contribution in [0.5, 0.6) is 0 Å². The zero-order valence-electron chi connectivity index (χ0n) is 24.3. The molecule has 0 atom stereocenters. The van der Waals surface area contributed by atoms with Gasteiger partial charge in [-0.25, -0.2) is 0 Å². The number of hydrogen-bond donors (Lipinski definition) is 0. The molecule has 0 saturated heterocycles. The van der Waals surface area contributed by atoms with E-state index >= 15 is 0 Å². The van der Waals surface area contributed by atoms with Crippen molar-refractivity contribution in [2.75, 3.05) is 19.7 Å². The minimum absolute atomic E-state index is 0.0255. The third-order valence-electron chi connectivity index (χ3n) is 7.45. The number of carbonyl (C=O) groups is 1. The van der Waals surface area contributed by atoms with Crippen LogP contribution < -0.4 is 0 Å². The molecule has 37 heavy (non-hydrogen) atoms. The second-order valence-electron chi connectivity index (χ2n) is 11.4. The van der Waals surface area contributed by atoms with E-state index in [0.29, 0.717) is 5.57 Å². The van der Waals surface area contributed by atoms with Crippen LogP contribution in [0.15, 0.2) is 42.5 Å². The minimum atomic E-state index is -0.0255. The summed E-state index contributed by atoms with van der Waals surface area (Å²) >= 11 is 0. The molecule has 0 radical (unpaired) electrons. The van der Waals surface area contributed by atoms with Crippen LogP contribution in [-0.4, -0.2) is 41.0 Å². The Morgan fingerprint density at radius 1 is 0.892 bits per heavy atom. The van der Waals surface area contributed by atoms with Crippen molar-refractivity contribution in [3.05, 3.63) is 48.0 Å². The van der Waals surface area contributed by atoms with E-state index in [2.05, 4.69) is 55.3 Å². The Morgan fingerprint density at radius 2 is 1.43 bits per heavy atom. The predicted molar refractivity (Wildman–Crippen MR) is 157 cm³/mol. The standard InChI is InChI=1S/C33H55N2O2/c1-29(2)21-17-14-12-10-8-6-5-7-9-11-13-15-20-24-33-34(27-31-22-18-16-19-23-31)25-26-35(33)37-28-32(36)30(3)4/h16,18-19,22-23,29H,3,5-15,17,20-21,24-28H2,1-2,4H3/q+1. The van der Waals surface area contributed by atoms with Gasteiger partial charge in [0.2, 0.25) is 0 Å². The van der Waals surface area contributed by atoms with E-state index < -0.39 is 0 Å². The van der Waals surface area contributed by atoms with Crippen molar-refractivity contribution in [2.24, 2.45) is 5.92 Å². The van der Waals surface area contributed by atoms with E-state index in [-0.39, 0.29) is 12.4 Å². The van der Waals surface area contributed by atoms with Crippen molar-refractivity contribution in [1.29, 1.82) is 0 Å².